The van der Waals surface area contributed by atoms with E-state index in [0.29, 0.717) is 18.4 Å². The van der Waals surface area contributed by atoms with E-state index in [-0.39, 0.29) is 22.1 Å². The molecule has 0 saturated heterocycles. The summed E-state index contributed by atoms with van der Waals surface area (Å²) in [5.41, 5.74) is 2.81. The minimum atomic E-state index is -0.299. The Morgan fingerprint density at radius 3 is 2.54 bits per heavy atom. The largest absolute Gasteiger partial charge is 0.351 e. The van der Waals surface area contributed by atoms with Crippen LogP contribution in [-0.4, -0.2) is 30.5 Å². The summed E-state index contributed by atoms with van der Waals surface area (Å²) >= 11 is 6.02. The number of carbonyl (C=O) groups excluding carboxylic acids is 1. The molecule has 2 aromatic heterocycles. The van der Waals surface area contributed by atoms with Gasteiger partial charge in [0.15, 0.2) is 0 Å². The molecule has 7 nitrogen and oxygen atoms in total. The van der Waals surface area contributed by atoms with E-state index in [1.165, 1.54) is 6.42 Å². The fraction of sp³-hybridized carbons (Fsp3) is 0.700. The van der Waals surface area contributed by atoms with Gasteiger partial charge in [0.2, 0.25) is 11.2 Å². The maximum Gasteiger partial charge on any atom is 0.242 e. The summed E-state index contributed by atoms with van der Waals surface area (Å²) in [7, 11) is 1.94. The van der Waals surface area contributed by atoms with E-state index in [1.807, 2.05) is 23.3 Å². The normalized spacial score (nSPS) is 33.4. The monoisotopic (exact) mass is 402 g/mol. The molecule has 2 aromatic rings. The van der Waals surface area contributed by atoms with Crippen LogP contribution < -0.4 is 5.32 Å². The van der Waals surface area contributed by atoms with Crippen molar-refractivity contribution >= 4 is 17.5 Å². The Kier molecular flexibility index (Phi) is 3.92. The van der Waals surface area contributed by atoms with Crippen molar-refractivity contribution in [1.82, 2.24) is 29.9 Å². The lowest BCUT2D eigenvalue weighted by molar-refractivity contribution is -0.156. The molecular formula is C20H27ClN6O. The van der Waals surface area contributed by atoms with E-state index in [2.05, 4.69) is 27.4 Å². The molecule has 4 fully saturated rings. The molecule has 28 heavy (non-hydrogen) atoms. The highest BCUT2D eigenvalue weighted by molar-refractivity contribution is 6.28. The van der Waals surface area contributed by atoms with Crippen LogP contribution in [0.2, 0.25) is 5.28 Å². The summed E-state index contributed by atoms with van der Waals surface area (Å²) in [5.74, 6) is 1.36. The number of aromatic nitrogens is 5. The predicted molar refractivity (Wildman–Crippen MR) is 105 cm³/mol. The van der Waals surface area contributed by atoms with Gasteiger partial charge in [-0.1, -0.05) is 0 Å². The first kappa shape index (κ1) is 18.2. The van der Waals surface area contributed by atoms with Crippen LogP contribution in [0.5, 0.6) is 0 Å². The molecule has 0 spiro atoms. The number of carbonyl (C=O) groups is 1. The number of amides is 1. The van der Waals surface area contributed by atoms with Crippen LogP contribution >= 0.6 is 11.6 Å². The van der Waals surface area contributed by atoms with Gasteiger partial charge in [0.1, 0.15) is 6.33 Å². The van der Waals surface area contributed by atoms with Crippen LogP contribution in [0.15, 0.2) is 6.33 Å². The zero-order chi connectivity index (χ0) is 19.7. The van der Waals surface area contributed by atoms with Crippen molar-refractivity contribution < 1.29 is 4.79 Å². The Labute approximate surface area is 169 Å². The Balaban J connectivity index is 1.40. The summed E-state index contributed by atoms with van der Waals surface area (Å²) in [6.45, 7) is 4.60. The summed E-state index contributed by atoms with van der Waals surface area (Å²) < 4.78 is 3.84. The maximum absolute atomic E-state index is 13.5. The number of hydrogen-bond donors (Lipinski definition) is 1. The summed E-state index contributed by atoms with van der Waals surface area (Å²) in [6, 6.07) is 0. The highest BCUT2D eigenvalue weighted by Gasteiger charge is 2.61. The quantitative estimate of drug-likeness (QED) is 0.852. The van der Waals surface area contributed by atoms with Crippen LogP contribution in [0.25, 0.3) is 0 Å². The van der Waals surface area contributed by atoms with Crippen molar-refractivity contribution in [1.29, 1.82) is 0 Å². The molecule has 8 heteroatoms. The Morgan fingerprint density at radius 2 is 1.96 bits per heavy atom. The van der Waals surface area contributed by atoms with Gasteiger partial charge in [0.05, 0.1) is 16.6 Å². The van der Waals surface area contributed by atoms with Gasteiger partial charge in [-0.3, -0.25) is 9.48 Å². The average molecular weight is 403 g/mol. The zero-order valence-electron chi connectivity index (χ0n) is 16.7. The second kappa shape index (κ2) is 6.05. The van der Waals surface area contributed by atoms with Gasteiger partial charge >= 0.3 is 0 Å². The second-order valence-electron chi connectivity index (χ2n) is 9.38. The van der Waals surface area contributed by atoms with E-state index in [9.17, 15) is 4.79 Å². The van der Waals surface area contributed by atoms with Crippen molar-refractivity contribution in [2.24, 2.45) is 24.3 Å². The molecular weight excluding hydrogens is 376 g/mol. The Hall–Kier alpha value is -1.89. The number of aryl methyl sites for hydroxylation is 2. The van der Waals surface area contributed by atoms with Gasteiger partial charge in [0.25, 0.3) is 0 Å². The minimum absolute atomic E-state index is 0.109. The van der Waals surface area contributed by atoms with E-state index >= 15 is 0 Å². The molecule has 4 aliphatic carbocycles. The predicted octanol–water partition coefficient (Wildman–Crippen LogP) is 2.89. The minimum Gasteiger partial charge on any atom is -0.351 e. The van der Waals surface area contributed by atoms with Crippen molar-refractivity contribution in [3.8, 4) is 0 Å². The number of halogens is 1. The molecule has 0 aromatic carbocycles. The highest BCUT2D eigenvalue weighted by Crippen LogP contribution is 2.64. The first-order valence-corrected chi connectivity index (χ1v) is 10.5. The van der Waals surface area contributed by atoms with Crippen molar-refractivity contribution in [3.63, 3.8) is 0 Å². The van der Waals surface area contributed by atoms with E-state index < -0.39 is 0 Å². The van der Waals surface area contributed by atoms with Crippen molar-refractivity contribution in [2.45, 2.75) is 64.5 Å². The average Bonchev–Trinajstić information content (AvgIpc) is 3.16. The smallest absolute Gasteiger partial charge is 0.242 e. The third kappa shape index (κ3) is 2.62. The third-order valence-corrected chi connectivity index (χ3v) is 7.72. The molecule has 6 rings (SSSR count). The lowest BCUT2D eigenvalue weighted by Gasteiger charge is -2.60. The van der Waals surface area contributed by atoms with Crippen LogP contribution in [0.1, 0.15) is 55.5 Å². The molecule has 1 N–H and O–H groups in total. The lowest BCUT2D eigenvalue weighted by atomic mass is 9.46. The van der Waals surface area contributed by atoms with Gasteiger partial charge < -0.3 is 5.32 Å². The van der Waals surface area contributed by atoms with Crippen LogP contribution in [0.4, 0.5) is 0 Å². The number of hydrogen-bond acceptors (Lipinski definition) is 4. The van der Waals surface area contributed by atoms with Gasteiger partial charge in [0, 0.05) is 24.8 Å². The van der Waals surface area contributed by atoms with Crippen LogP contribution in [0.3, 0.4) is 0 Å². The van der Waals surface area contributed by atoms with Crippen LogP contribution in [0, 0.1) is 31.1 Å². The van der Waals surface area contributed by atoms with E-state index in [0.717, 1.165) is 49.1 Å². The summed E-state index contributed by atoms with van der Waals surface area (Å²) in [5, 5.41) is 12.5. The molecule has 150 valence electrons. The SMILES string of the molecule is Cc1nn(C)c(C)c1CNC(=O)C12CC3CC(C1)CC(n1cnc(Cl)n1)(C3)C2. The summed E-state index contributed by atoms with van der Waals surface area (Å²) in [4.78, 5) is 17.6. The fourth-order valence-electron chi connectivity index (χ4n) is 6.65. The van der Waals surface area contributed by atoms with Crippen molar-refractivity contribution in [3.05, 3.63) is 28.6 Å². The highest BCUT2D eigenvalue weighted by atomic mass is 35.5. The van der Waals surface area contributed by atoms with Crippen LogP contribution in [-0.2, 0) is 23.9 Å². The Bertz CT molecular complexity index is 933. The molecule has 2 heterocycles. The lowest BCUT2D eigenvalue weighted by Crippen LogP contribution is -2.61. The number of nitrogens with zero attached hydrogens (tertiary/aromatic N) is 5. The standard InChI is InChI=1S/C20H27ClN6O/c1-12-16(13(2)26(3)24-12)9-22-17(28)19-5-14-4-15(6-19)8-20(7-14,10-19)27-11-23-18(21)25-27/h11,14-15H,4-10H2,1-3H3,(H,22,28). The molecule has 4 aliphatic rings. The molecule has 4 saturated carbocycles. The van der Waals surface area contributed by atoms with Gasteiger partial charge in [-0.15, -0.1) is 5.10 Å². The van der Waals surface area contributed by atoms with Crippen molar-refractivity contribution in [2.75, 3.05) is 0 Å². The third-order valence-electron chi connectivity index (χ3n) is 7.55. The Morgan fingerprint density at radius 1 is 1.25 bits per heavy atom. The second-order valence-corrected chi connectivity index (χ2v) is 9.72. The topological polar surface area (TPSA) is 77.6 Å². The van der Waals surface area contributed by atoms with Gasteiger partial charge in [-0.05, 0) is 75.8 Å². The molecule has 1 amide bonds. The number of rotatable bonds is 4. The first-order chi connectivity index (χ1) is 13.3. The van der Waals surface area contributed by atoms with E-state index in [4.69, 9.17) is 11.6 Å². The molecule has 0 radical (unpaired) electrons. The number of nitrogens with one attached hydrogen (secondary N) is 1. The van der Waals surface area contributed by atoms with Gasteiger partial charge in [-0.25, -0.2) is 9.67 Å². The molecule has 2 unspecified atom stereocenters. The van der Waals surface area contributed by atoms with E-state index in [1.54, 1.807) is 6.33 Å². The van der Waals surface area contributed by atoms with Gasteiger partial charge in [-0.2, -0.15) is 5.10 Å². The molecule has 0 aliphatic heterocycles. The molecule has 4 bridgehead atoms. The zero-order valence-corrected chi connectivity index (χ0v) is 17.5. The first-order valence-electron chi connectivity index (χ1n) is 10.2. The fourth-order valence-corrected chi connectivity index (χ4v) is 6.77. The molecule has 2 atom stereocenters. The summed E-state index contributed by atoms with van der Waals surface area (Å²) in [6.07, 6.45) is 7.97. The maximum atomic E-state index is 13.5.